The van der Waals surface area contributed by atoms with Gasteiger partial charge in [0, 0.05) is 0 Å². The molecule has 0 aliphatic rings. The molecule has 0 aliphatic heterocycles. The molecule has 4 heteroatoms. The number of nitrogens with zero attached hydrogens (tertiary/aromatic N) is 1. The minimum Gasteiger partial charge on any atom is -1.00 e. The van der Waals surface area contributed by atoms with Crippen molar-refractivity contribution in [1.29, 1.82) is 0 Å². The first kappa shape index (κ1) is 10.3. The minimum absolute atomic E-state index is 0. The molecule has 7 heavy (non-hydrogen) atoms. The van der Waals surface area contributed by atoms with Crippen LogP contribution in [0.3, 0.4) is 0 Å². The van der Waals surface area contributed by atoms with Crippen LogP contribution in [0.1, 0.15) is 0 Å². The predicted molar refractivity (Wildman–Crippen MR) is 23.2 cm³/mol. The number of nitrogens with one attached hydrogen (secondary N) is 1. The van der Waals surface area contributed by atoms with Crippen LogP contribution in [0.5, 0.6) is 0 Å². The number of aromatic amines is 1. The van der Waals surface area contributed by atoms with Crippen molar-refractivity contribution in [1.82, 2.24) is 10.2 Å². The third kappa shape index (κ3) is 4.11. The molecule has 1 aromatic heterocycles. The minimum atomic E-state index is 0. The molecule has 34 valence electrons. The predicted octanol–water partition coefficient (Wildman–Crippen LogP) is -3.17. The molecule has 0 fully saturated rings. The Kier molecular flexibility index (Phi) is 9.21. The molecule has 0 radical (unpaired) electrons. The number of hydrogen-bond donors (Lipinski definition) is 1. The Bertz CT molecular complexity index is 69.4. The molecular weight excluding hydrogens is 124 g/mol. The average molecular weight is 127 g/mol. The topological polar surface area (TPSA) is 28.7 Å². The summed E-state index contributed by atoms with van der Waals surface area (Å²) in [6.07, 6.45) is 3.21. The van der Waals surface area contributed by atoms with Crippen LogP contribution in [0.4, 0.5) is 0 Å². The fourth-order valence-corrected chi connectivity index (χ4v) is 0.186. The van der Waals surface area contributed by atoms with Gasteiger partial charge in [0.15, 0.2) is 0 Å². The Morgan fingerprint density at radius 3 is 2.43 bits per heavy atom. The summed E-state index contributed by atoms with van der Waals surface area (Å²) in [6, 6.07) is 2.69. The first-order valence-electron chi connectivity index (χ1n) is 1.35. The van der Waals surface area contributed by atoms with Gasteiger partial charge in [-0.2, -0.15) is 6.20 Å². The Balaban J connectivity index is 0. The quantitative estimate of drug-likeness (QED) is 0.289. The van der Waals surface area contributed by atoms with Crippen LogP contribution >= 0.6 is 0 Å². The fourth-order valence-electron chi connectivity index (χ4n) is 0.186. The van der Waals surface area contributed by atoms with Crippen molar-refractivity contribution >= 4 is 23.1 Å². The Labute approximate surface area is 64.3 Å². The number of H-pyrrole nitrogens is 1. The van der Waals surface area contributed by atoms with Gasteiger partial charge in [-0.3, -0.25) is 0 Å². The van der Waals surface area contributed by atoms with Crippen molar-refractivity contribution in [2.45, 2.75) is 0 Å². The molecule has 0 amide bonds. The van der Waals surface area contributed by atoms with Gasteiger partial charge in [-0.25, -0.2) is 5.10 Å². The zero-order chi connectivity index (χ0) is 3.54. The second-order valence-electron chi connectivity index (χ2n) is 0.698. The van der Waals surface area contributed by atoms with Gasteiger partial charge in [0.05, 0.1) is 0 Å². The van der Waals surface area contributed by atoms with Crippen LogP contribution in [0, 0.1) is 6.07 Å². The molecular formula is C3H3ClMgN2. The van der Waals surface area contributed by atoms with Gasteiger partial charge in [-0.15, -0.1) is 6.20 Å². The Hall–Kier alpha value is 0.266. The second-order valence-corrected chi connectivity index (χ2v) is 0.698. The average Bonchev–Trinajstić information content (AvgIpc) is 1.76. The molecule has 0 aromatic carbocycles. The van der Waals surface area contributed by atoms with E-state index in [-0.39, 0.29) is 35.5 Å². The van der Waals surface area contributed by atoms with Crippen molar-refractivity contribution in [3.63, 3.8) is 0 Å². The first-order valence-corrected chi connectivity index (χ1v) is 1.35. The largest absolute Gasteiger partial charge is 2.00 e. The Morgan fingerprint density at radius 1 is 1.57 bits per heavy atom. The van der Waals surface area contributed by atoms with Crippen molar-refractivity contribution in [2.75, 3.05) is 0 Å². The summed E-state index contributed by atoms with van der Waals surface area (Å²) >= 11 is 0. The maximum atomic E-state index is 3.54. The summed E-state index contributed by atoms with van der Waals surface area (Å²) in [5.41, 5.74) is 0. The van der Waals surface area contributed by atoms with E-state index in [1.807, 2.05) is 0 Å². The summed E-state index contributed by atoms with van der Waals surface area (Å²) in [5, 5.41) is 6.10. The van der Waals surface area contributed by atoms with E-state index >= 15 is 0 Å². The zero-order valence-corrected chi connectivity index (χ0v) is 5.86. The SMILES string of the molecule is [Cl-].[Mg+2].[c-]1cn[nH]c1. The van der Waals surface area contributed by atoms with E-state index in [1.165, 1.54) is 0 Å². The summed E-state index contributed by atoms with van der Waals surface area (Å²) in [7, 11) is 0. The second kappa shape index (κ2) is 6.27. The van der Waals surface area contributed by atoms with Gasteiger partial charge in [0.2, 0.25) is 0 Å². The number of hydrogen-bond acceptors (Lipinski definition) is 1. The molecule has 0 saturated carbocycles. The molecule has 1 heterocycles. The van der Waals surface area contributed by atoms with E-state index in [4.69, 9.17) is 0 Å². The van der Waals surface area contributed by atoms with Gasteiger partial charge in [0.25, 0.3) is 0 Å². The standard InChI is InChI=1S/C3H3N2.ClH.Mg/c1-2-4-5-3-1;;/h2-3H,(H,4,5);1H;/q-1;;+2/p-1. The van der Waals surface area contributed by atoms with Gasteiger partial charge >= 0.3 is 23.1 Å². The van der Waals surface area contributed by atoms with Crippen molar-refractivity contribution < 1.29 is 12.4 Å². The van der Waals surface area contributed by atoms with Gasteiger partial charge < -0.3 is 23.6 Å². The third-order valence-corrected chi connectivity index (χ3v) is 0.362. The normalized spacial score (nSPS) is 5.71. The zero-order valence-electron chi connectivity index (χ0n) is 3.69. The maximum Gasteiger partial charge on any atom is 2.00 e. The van der Waals surface area contributed by atoms with E-state index in [0.717, 1.165) is 0 Å². The molecule has 0 saturated heterocycles. The van der Waals surface area contributed by atoms with E-state index in [2.05, 4.69) is 16.3 Å². The smallest absolute Gasteiger partial charge is 1.00 e. The van der Waals surface area contributed by atoms with Crippen LogP contribution in [0.25, 0.3) is 0 Å². The van der Waals surface area contributed by atoms with Crippen LogP contribution in [-0.4, -0.2) is 33.3 Å². The summed E-state index contributed by atoms with van der Waals surface area (Å²) < 4.78 is 0. The van der Waals surface area contributed by atoms with Crippen LogP contribution < -0.4 is 12.4 Å². The number of aromatic nitrogens is 2. The molecule has 1 rings (SSSR count). The summed E-state index contributed by atoms with van der Waals surface area (Å²) in [6.45, 7) is 0. The molecule has 1 N–H and O–H groups in total. The fraction of sp³-hybridized carbons (Fsp3) is 0. The maximum absolute atomic E-state index is 3.54. The molecule has 0 unspecified atom stereocenters. The summed E-state index contributed by atoms with van der Waals surface area (Å²) in [4.78, 5) is 0. The third-order valence-electron chi connectivity index (χ3n) is 0.362. The monoisotopic (exact) mass is 126 g/mol. The van der Waals surface area contributed by atoms with Gasteiger partial charge in [0.1, 0.15) is 0 Å². The first-order chi connectivity index (χ1) is 2.50. The van der Waals surface area contributed by atoms with E-state index < -0.39 is 0 Å². The molecule has 1 aromatic rings. The van der Waals surface area contributed by atoms with E-state index in [0.29, 0.717) is 0 Å². The molecule has 0 spiro atoms. The number of halogens is 1. The summed E-state index contributed by atoms with van der Waals surface area (Å²) in [5.74, 6) is 0. The molecule has 0 bridgehead atoms. The van der Waals surface area contributed by atoms with Crippen molar-refractivity contribution in [3.05, 3.63) is 18.5 Å². The Morgan fingerprint density at radius 2 is 2.29 bits per heavy atom. The van der Waals surface area contributed by atoms with E-state index in [9.17, 15) is 0 Å². The van der Waals surface area contributed by atoms with Crippen LogP contribution in [0.15, 0.2) is 12.4 Å². The van der Waals surface area contributed by atoms with Gasteiger partial charge in [-0.1, -0.05) is 0 Å². The van der Waals surface area contributed by atoms with Crippen molar-refractivity contribution in [3.8, 4) is 0 Å². The molecule has 0 atom stereocenters. The van der Waals surface area contributed by atoms with Crippen LogP contribution in [-0.2, 0) is 0 Å². The number of rotatable bonds is 0. The molecule has 2 nitrogen and oxygen atoms in total. The van der Waals surface area contributed by atoms with E-state index in [1.54, 1.807) is 12.4 Å². The van der Waals surface area contributed by atoms with Crippen LogP contribution in [0.2, 0.25) is 0 Å². The van der Waals surface area contributed by atoms with Gasteiger partial charge in [-0.05, 0) is 0 Å². The van der Waals surface area contributed by atoms with Crippen molar-refractivity contribution in [2.24, 2.45) is 0 Å². The molecule has 0 aliphatic carbocycles.